The highest BCUT2D eigenvalue weighted by atomic mass is 19.4. The molecule has 0 atom stereocenters. The lowest BCUT2D eigenvalue weighted by Gasteiger charge is -2.32. The first kappa shape index (κ1) is 16.8. The lowest BCUT2D eigenvalue weighted by molar-refractivity contribution is -0.383. The number of rotatable bonds is 2. The van der Waals surface area contributed by atoms with Crippen LogP contribution >= 0.6 is 0 Å². The summed E-state index contributed by atoms with van der Waals surface area (Å²) in [5, 5.41) is 11.1. The largest absolute Gasteiger partial charge is 0.502 e. The molecular weight excluding hydrogens is 302 g/mol. The van der Waals surface area contributed by atoms with Crippen LogP contribution in [0, 0.1) is 10.1 Å². The Hall–Kier alpha value is -1.61. The Morgan fingerprint density at radius 1 is 1.14 bits per heavy atom. The summed E-state index contributed by atoms with van der Waals surface area (Å²) in [4.78, 5) is 10.2. The van der Waals surface area contributed by atoms with Crippen molar-refractivity contribution >= 4 is 18.3 Å². The van der Waals surface area contributed by atoms with Crippen LogP contribution in [0.3, 0.4) is 0 Å². The number of nitro benzene ring substituents is 1. The topological polar surface area (TPSA) is 61.6 Å². The van der Waals surface area contributed by atoms with Gasteiger partial charge in [0.2, 0.25) is 0 Å². The van der Waals surface area contributed by atoms with Crippen LogP contribution in [0.15, 0.2) is 18.2 Å². The molecule has 2 rings (SSSR count). The number of benzene rings is 1. The molecule has 0 bridgehead atoms. The first-order valence-corrected chi connectivity index (χ1v) is 6.57. The molecule has 1 aliphatic rings. The van der Waals surface area contributed by atoms with Gasteiger partial charge in [0.1, 0.15) is 0 Å². The van der Waals surface area contributed by atoms with Gasteiger partial charge < -0.3 is 9.31 Å². The molecule has 0 saturated carbocycles. The minimum atomic E-state index is -4.75. The first-order valence-electron chi connectivity index (χ1n) is 6.57. The molecule has 0 spiro atoms. The molecule has 0 aliphatic carbocycles. The third kappa shape index (κ3) is 2.70. The Labute approximate surface area is 125 Å². The maximum absolute atomic E-state index is 13.2. The smallest absolute Gasteiger partial charge is 0.399 e. The van der Waals surface area contributed by atoms with Gasteiger partial charge in [-0.05, 0) is 33.8 Å². The molecule has 1 saturated heterocycles. The molecule has 1 heterocycles. The lowest BCUT2D eigenvalue weighted by atomic mass is 9.74. The molecule has 120 valence electrons. The fourth-order valence-corrected chi connectivity index (χ4v) is 2.17. The molecule has 0 aromatic heterocycles. The number of nitrogens with zero attached hydrogens (tertiary/aromatic N) is 1. The van der Waals surface area contributed by atoms with E-state index < -0.39 is 46.1 Å². The molecule has 1 fully saturated rings. The van der Waals surface area contributed by atoms with Crippen LogP contribution in [-0.4, -0.2) is 23.2 Å². The van der Waals surface area contributed by atoms with E-state index in [-0.39, 0.29) is 0 Å². The molecule has 22 heavy (non-hydrogen) atoms. The van der Waals surface area contributed by atoms with Crippen LogP contribution < -0.4 is 5.46 Å². The summed E-state index contributed by atoms with van der Waals surface area (Å²) in [6.45, 7) is 6.65. The molecule has 0 unspecified atom stereocenters. The molecule has 0 amide bonds. The highest BCUT2D eigenvalue weighted by Gasteiger charge is 2.55. The molecule has 1 aliphatic heterocycles. The normalized spacial score (nSPS) is 20.2. The van der Waals surface area contributed by atoms with Gasteiger partial charge in [-0.3, -0.25) is 10.1 Å². The van der Waals surface area contributed by atoms with Crippen LogP contribution in [0.1, 0.15) is 33.3 Å². The fourth-order valence-electron chi connectivity index (χ4n) is 2.17. The Morgan fingerprint density at radius 2 is 1.64 bits per heavy atom. The van der Waals surface area contributed by atoms with Gasteiger partial charge in [0.15, 0.2) is 0 Å². The minimum Gasteiger partial charge on any atom is -0.399 e. The van der Waals surface area contributed by atoms with Gasteiger partial charge in [0, 0.05) is 6.07 Å². The maximum atomic E-state index is 13.2. The number of alkyl halides is 3. The molecular formula is C13H15BF3NO4. The van der Waals surface area contributed by atoms with Crippen LogP contribution in [0.4, 0.5) is 18.9 Å². The molecule has 1 aromatic rings. The first-order chi connectivity index (χ1) is 9.87. The highest BCUT2D eigenvalue weighted by molar-refractivity contribution is 6.64. The number of hydrogen-bond acceptors (Lipinski definition) is 4. The second-order valence-electron chi connectivity index (χ2n) is 6.08. The molecule has 5 nitrogen and oxygen atoms in total. The molecule has 9 heteroatoms. The van der Waals surface area contributed by atoms with Crippen LogP contribution in [0.25, 0.3) is 0 Å². The summed E-state index contributed by atoms with van der Waals surface area (Å²) in [7, 11) is -1.46. The van der Waals surface area contributed by atoms with Gasteiger partial charge in [-0.2, -0.15) is 13.2 Å². The highest BCUT2D eigenvalue weighted by Crippen LogP contribution is 2.39. The Balaban J connectivity index is 2.62. The minimum absolute atomic E-state index is 0.598. The van der Waals surface area contributed by atoms with E-state index >= 15 is 0 Å². The molecule has 1 aromatic carbocycles. The van der Waals surface area contributed by atoms with Gasteiger partial charge >= 0.3 is 13.3 Å². The average molecular weight is 317 g/mol. The Morgan fingerprint density at radius 3 is 2.05 bits per heavy atom. The van der Waals surface area contributed by atoms with Crippen molar-refractivity contribution in [3.8, 4) is 0 Å². The van der Waals surface area contributed by atoms with Crippen molar-refractivity contribution in [2.75, 3.05) is 0 Å². The summed E-state index contributed by atoms with van der Waals surface area (Å²) in [6, 6.07) is 2.79. The van der Waals surface area contributed by atoms with Crippen molar-refractivity contribution in [1.29, 1.82) is 0 Å². The maximum Gasteiger partial charge on any atom is 0.502 e. The zero-order valence-electron chi connectivity index (χ0n) is 12.5. The van der Waals surface area contributed by atoms with Crippen molar-refractivity contribution in [1.82, 2.24) is 0 Å². The van der Waals surface area contributed by atoms with E-state index in [4.69, 9.17) is 9.31 Å². The van der Waals surface area contributed by atoms with E-state index in [0.717, 1.165) is 18.2 Å². The Kier molecular flexibility index (Phi) is 3.77. The van der Waals surface area contributed by atoms with Crippen LogP contribution in [0.5, 0.6) is 0 Å². The number of hydrogen-bond donors (Lipinski definition) is 0. The molecule has 0 N–H and O–H groups in total. The summed E-state index contributed by atoms with van der Waals surface area (Å²) >= 11 is 0. The predicted molar refractivity (Wildman–Crippen MR) is 73.8 cm³/mol. The van der Waals surface area contributed by atoms with E-state index in [9.17, 15) is 23.3 Å². The number of halogens is 3. The van der Waals surface area contributed by atoms with Gasteiger partial charge in [-0.1, -0.05) is 6.07 Å². The summed E-state index contributed by atoms with van der Waals surface area (Å²) in [5.74, 6) is 0. The SMILES string of the molecule is CC1(C)OB(c2c([N+](=O)[O-])cccc2C(F)(F)F)OC1(C)C. The van der Waals surface area contributed by atoms with E-state index in [1.165, 1.54) is 0 Å². The number of nitro groups is 1. The van der Waals surface area contributed by atoms with E-state index in [0.29, 0.717) is 0 Å². The fraction of sp³-hybridized carbons (Fsp3) is 0.538. The zero-order chi connectivity index (χ0) is 16.9. The third-order valence-corrected chi connectivity index (χ3v) is 4.07. The summed E-state index contributed by atoms with van der Waals surface area (Å²) in [6.07, 6.45) is -4.75. The lowest BCUT2D eigenvalue weighted by Crippen LogP contribution is -2.41. The van der Waals surface area contributed by atoms with Gasteiger partial charge in [0.05, 0.1) is 27.2 Å². The zero-order valence-corrected chi connectivity index (χ0v) is 12.5. The van der Waals surface area contributed by atoms with Crippen molar-refractivity contribution in [2.45, 2.75) is 45.1 Å². The molecule has 0 radical (unpaired) electrons. The van der Waals surface area contributed by atoms with Crippen molar-refractivity contribution in [2.24, 2.45) is 0 Å². The summed E-state index contributed by atoms with van der Waals surface area (Å²) < 4.78 is 50.7. The monoisotopic (exact) mass is 317 g/mol. The van der Waals surface area contributed by atoms with Gasteiger partial charge in [0.25, 0.3) is 5.69 Å². The quantitative estimate of drug-likeness (QED) is 0.478. The average Bonchev–Trinajstić information content (AvgIpc) is 2.56. The van der Waals surface area contributed by atoms with E-state index in [1.54, 1.807) is 27.7 Å². The van der Waals surface area contributed by atoms with Crippen molar-refractivity contribution in [3.05, 3.63) is 33.9 Å². The third-order valence-electron chi connectivity index (χ3n) is 4.07. The second kappa shape index (κ2) is 4.95. The van der Waals surface area contributed by atoms with Crippen molar-refractivity contribution < 1.29 is 27.4 Å². The van der Waals surface area contributed by atoms with Crippen molar-refractivity contribution in [3.63, 3.8) is 0 Å². The summed E-state index contributed by atoms with van der Waals surface area (Å²) in [5.41, 5.74) is -4.19. The predicted octanol–water partition coefficient (Wildman–Crippen LogP) is 2.91. The second-order valence-corrected chi connectivity index (χ2v) is 6.08. The Bertz CT molecular complexity index is 600. The van der Waals surface area contributed by atoms with E-state index in [1.807, 2.05) is 0 Å². The van der Waals surface area contributed by atoms with Gasteiger partial charge in [-0.25, -0.2) is 0 Å². The standard InChI is InChI=1S/C13H15BF3NO4/c1-11(2)12(3,4)22-14(21-11)10-8(13(15,16)17)6-5-7-9(10)18(19)20/h5-7H,1-4H3. The van der Waals surface area contributed by atoms with E-state index in [2.05, 4.69) is 0 Å². The van der Waals surface area contributed by atoms with Crippen LogP contribution in [0.2, 0.25) is 0 Å². The van der Waals surface area contributed by atoms with Gasteiger partial charge in [-0.15, -0.1) is 0 Å². The van der Waals surface area contributed by atoms with Crippen LogP contribution in [-0.2, 0) is 15.5 Å².